The monoisotopic (exact) mass is 262 g/mol. The summed E-state index contributed by atoms with van der Waals surface area (Å²) >= 11 is 5.74. The van der Waals surface area contributed by atoms with Gasteiger partial charge in [0.25, 0.3) is 0 Å². The van der Waals surface area contributed by atoms with Gasteiger partial charge in [-0.3, -0.25) is 0 Å². The lowest BCUT2D eigenvalue weighted by Gasteiger charge is -2.08. The highest BCUT2D eigenvalue weighted by molar-refractivity contribution is 6.33. The Morgan fingerprint density at radius 2 is 2.00 bits per heavy atom. The number of amidine groups is 1. The van der Waals surface area contributed by atoms with Crippen LogP contribution in [0.4, 0.5) is 18.9 Å². The molecule has 0 heterocycles. The van der Waals surface area contributed by atoms with Crippen molar-refractivity contribution in [2.24, 2.45) is 16.6 Å². The number of benzene rings is 1. The van der Waals surface area contributed by atoms with Crippen molar-refractivity contribution in [1.82, 2.24) is 0 Å². The molecule has 0 atom stereocenters. The van der Waals surface area contributed by atoms with Gasteiger partial charge in [-0.05, 0) is 31.0 Å². The van der Waals surface area contributed by atoms with Crippen LogP contribution in [0.15, 0.2) is 23.2 Å². The summed E-state index contributed by atoms with van der Waals surface area (Å²) in [6.07, 6.45) is -2.44. The molecule has 17 heavy (non-hydrogen) atoms. The van der Waals surface area contributed by atoms with Gasteiger partial charge in [-0.25, -0.2) is 4.99 Å². The van der Waals surface area contributed by atoms with Gasteiger partial charge in [0.05, 0.1) is 16.3 Å². The number of nitrogens with two attached hydrogens (primary N) is 1. The molecule has 2 N–H and O–H groups in total. The Hall–Kier alpha value is -1.23. The van der Waals surface area contributed by atoms with Crippen LogP contribution in [0, 0.1) is 5.92 Å². The second kappa shape index (κ2) is 4.22. The summed E-state index contributed by atoms with van der Waals surface area (Å²) in [5.41, 5.74) is 5.17. The van der Waals surface area contributed by atoms with Crippen molar-refractivity contribution >= 4 is 23.1 Å². The zero-order valence-electron chi connectivity index (χ0n) is 8.76. The van der Waals surface area contributed by atoms with E-state index in [9.17, 15) is 13.2 Å². The fourth-order valence-corrected chi connectivity index (χ4v) is 1.61. The zero-order valence-corrected chi connectivity index (χ0v) is 9.52. The molecule has 1 aromatic rings. The molecule has 1 aliphatic rings. The summed E-state index contributed by atoms with van der Waals surface area (Å²) in [5, 5.41) is -0.0385. The molecule has 2 rings (SSSR count). The largest absolute Gasteiger partial charge is 0.416 e. The minimum Gasteiger partial charge on any atom is -0.387 e. The molecule has 2 nitrogen and oxygen atoms in total. The standard InChI is InChI=1S/C11H10ClF3N2/c12-8-5-7(11(13,14)15)3-4-9(8)17-10(16)6-1-2-6/h3-6H,1-2H2,(H2,16,17). The van der Waals surface area contributed by atoms with Crippen LogP contribution in [0.2, 0.25) is 5.02 Å². The first kappa shape index (κ1) is 12.2. The second-order valence-corrected chi connectivity index (χ2v) is 4.38. The topological polar surface area (TPSA) is 38.4 Å². The predicted octanol–water partition coefficient (Wildman–Crippen LogP) is 3.76. The van der Waals surface area contributed by atoms with Crippen molar-refractivity contribution < 1.29 is 13.2 Å². The number of rotatable bonds is 2. The lowest BCUT2D eigenvalue weighted by molar-refractivity contribution is -0.137. The first-order valence-electron chi connectivity index (χ1n) is 5.09. The maximum atomic E-state index is 12.4. The number of hydrogen-bond donors (Lipinski definition) is 1. The van der Waals surface area contributed by atoms with Crippen molar-refractivity contribution in [3.63, 3.8) is 0 Å². The minimum absolute atomic E-state index is 0.0385. The normalized spacial score (nSPS) is 17.3. The van der Waals surface area contributed by atoms with E-state index in [4.69, 9.17) is 17.3 Å². The van der Waals surface area contributed by atoms with E-state index in [1.165, 1.54) is 6.07 Å². The molecule has 0 amide bonds. The number of nitrogens with zero attached hydrogens (tertiary/aromatic N) is 1. The van der Waals surface area contributed by atoms with Crippen LogP contribution < -0.4 is 5.73 Å². The SMILES string of the molecule is NC(=Nc1ccc(C(F)(F)F)cc1Cl)C1CC1. The molecule has 0 bridgehead atoms. The van der Waals surface area contributed by atoms with Crippen LogP contribution in [0.5, 0.6) is 0 Å². The first-order valence-corrected chi connectivity index (χ1v) is 5.46. The molecule has 1 aromatic carbocycles. The average Bonchev–Trinajstić information content (AvgIpc) is 3.02. The quantitative estimate of drug-likeness (QED) is 0.640. The van der Waals surface area contributed by atoms with Gasteiger partial charge in [0.1, 0.15) is 5.84 Å². The van der Waals surface area contributed by atoms with E-state index in [1.54, 1.807) is 0 Å². The van der Waals surface area contributed by atoms with Crippen LogP contribution in [-0.4, -0.2) is 5.84 Å². The Bertz CT molecular complexity index is 464. The van der Waals surface area contributed by atoms with E-state index in [0.29, 0.717) is 5.84 Å². The Kier molecular flexibility index (Phi) is 3.03. The second-order valence-electron chi connectivity index (χ2n) is 3.97. The summed E-state index contributed by atoms with van der Waals surface area (Å²) in [5.74, 6) is 0.694. The van der Waals surface area contributed by atoms with Crippen molar-refractivity contribution in [2.75, 3.05) is 0 Å². The Balaban J connectivity index is 2.28. The minimum atomic E-state index is -4.39. The number of alkyl halides is 3. The molecule has 1 aliphatic carbocycles. The zero-order chi connectivity index (χ0) is 12.6. The molecule has 0 radical (unpaired) electrons. The van der Waals surface area contributed by atoms with Crippen LogP contribution in [0.3, 0.4) is 0 Å². The van der Waals surface area contributed by atoms with Gasteiger partial charge in [-0.15, -0.1) is 0 Å². The van der Waals surface area contributed by atoms with Crippen LogP contribution in [0.25, 0.3) is 0 Å². The summed E-state index contributed by atoms with van der Waals surface area (Å²) in [6, 6.07) is 3.05. The molecule has 0 unspecified atom stereocenters. The van der Waals surface area contributed by atoms with Gasteiger partial charge >= 0.3 is 6.18 Å². The molecule has 0 aromatic heterocycles. The van der Waals surface area contributed by atoms with Crippen LogP contribution >= 0.6 is 11.6 Å². The molecular formula is C11H10ClF3N2. The van der Waals surface area contributed by atoms with Gasteiger partial charge in [0.2, 0.25) is 0 Å². The smallest absolute Gasteiger partial charge is 0.387 e. The lowest BCUT2D eigenvalue weighted by atomic mass is 10.2. The van der Waals surface area contributed by atoms with Gasteiger partial charge in [-0.1, -0.05) is 11.6 Å². The molecular weight excluding hydrogens is 253 g/mol. The third-order valence-corrected chi connectivity index (χ3v) is 2.82. The Morgan fingerprint density at radius 1 is 1.35 bits per heavy atom. The predicted molar refractivity (Wildman–Crippen MR) is 60.5 cm³/mol. The summed E-state index contributed by atoms with van der Waals surface area (Å²) < 4.78 is 37.1. The summed E-state index contributed by atoms with van der Waals surface area (Å²) in [6.45, 7) is 0. The van der Waals surface area contributed by atoms with Crippen molar-refractivity contribution in [2.45, 2.75) is 19.0 Å². The van der Waals surface area contributed by atoms with Gasteiger partial charge in [0.15, 0.2) is 0 Å². The van der Waals surface area contributed by atoms with Crippen molar-refractivity contribution in [3.05, 3.63) is 28.8 Å². The van der Waals surface area contributed by atoms with Crippen molar-refractivity contribution in [1.29, 1.82) is 0 Å². The third kappa shape index (κ3) is 2.91. The molecule has 0 aliphatic heterocycles. The third-order valence-electron chi connectivity index (χ3n) is 2.52. The van der Waals surface area contributed by atoms with Crippen molar-refractivity contribution in [3.8, 4) is 0 Å². The fourth-order valence-electron chi connectivity index (χ4n) is 1.38. The van der Waals surface area contributed by atoms with Gasteiger partial charge < -0.3 is 5.73 Å². The van der Waals surface area contributed by atoms with E-state index in [0.717, 1.165) is 25.0 Å². The average molecular weight is 263 g/mol. The Morgan fingerprint density at radius 3 is 2.47 bits per heavy atom. The van der Waals surface area contributed by atoms with Crippen LogP contribution in [0.1, 0.15) is 18.4 Å². The molecule has 1 fully saturated rings. The Labute approximate surface area is 101 Å². The van der Waals surface area contributed by atoms with Crippen LogP contribution in [-0.2, 0) is 6.18 Å². The first-order chi connectivity index (χ1) is 7.88. The highest BCUT2D eigenvalue weighted by atomic mass is 35.5. The molecule has 0 spiro atoms. The molecule has 92 valence electrons. The lowest BCUT2D eigenvalue weighted by Crippen LogP contribution is -2.13. The molecule has 0 saturated heterocycles. The van der Waals surface area contributed by atoms with E-state index in [1.807, 2.05) is 0 Å². The highest BCUT2D eigenvalue weighted by Crippen LogP contribution is 2.36. The molecule has 6 heteroatoms. The van der Waals surface area contributed by atoms with E-state index >= 15 is 0 Å². The number of aliphatic imine (C=N–C) groups is 1. The van der Waals surface area contributed by atoms with E-state index < -0.39 is 11.7 Å². The summed E-state index contributed by atoms with van der Waals surface area (Å²) in [7, 11) is 0. The van der Waals surface area contributed by atoms with Gasteiger partial charge in [-0.2, -0.15) is 13.2 Å². The number of hydrogen-bond acceptors (Lipinski definition) is 1. The van der Waals surface area contributed by atoms with E-state index in [-0.39, 0.29) is 16.6 Å². The number of halogens is 4. The van der Waals surface area contributed by atoms with Gasteiger partial charge in [0, 0.05) is 5.92 Å². The maximum absolute atomic E-state index is 12.4. The molecule has 1 saturated carbocycles. The highest BCUT2D eigenvalue weighted by Gasteiger charge is 2.31. The maximum Gasteiger partial charge on any atom is 0.416 e. The summed E-state index contributed by atoms with van der Waals surface area (Å²) in [4.78, 5) is 4.04. The van der Waals surface area contributed by atoms with E-state index in [2.05, 4.69) is 4.99 Å². The fraction of sp³-hybridized carbons (Fsp3) is 0.364.